The summed E-state index contributed by atoms with van der Waals surface area (Å²) in [6.07, 6.45) is 6.67. The lowest BCUT2D eigenvalue weighted by molar-refractivity contribution is -0.122. The Labute approximate surface area is 184 Å². The van der Waals surface area contributed by atoms with Crippen LogP contribution in [0.2, 0.25) is 5.02 Å². The summed E-state index contributed by atoms with van der Waals surface area (Å²) in [5.74, 6) is 1.87. The second-order valence-electron chi connectivity index (χ2n) is 6.05. The van der Waals surface area contributed by atoms with Crippen LogP contribution in [0.5, 0.6) is 11.5 Å². The molecule has 0 radical (unpaired) electrons. The molecule has 30 heavy (non-hydrogen) atoms. The minimum absolute atomic E-state index is 0.0134. The van der Waals surface area contributed by atoms with Gasteiger partial charge < -0.3 is 9.47 Å². The summed E-state index contributed by atoms with van der Waals surface area (Å²) in [5.41, 5.74) is 0.934. The summed E-state index contributed by atoms with van der Waals surface area (Å²) in [4.78, 5) is 26.8. The van der Waals surface area contributed by atoms with Crippen LogP contribution in [-0.4, -0.2) is 30.1 Å². The molecule has 1 aliphatic heterocycles. The smallest absolute Gasteiger partial charge is 0.270 e. The summed E-state index contributed by atoms with van der Waals surface area (Å²) in [6, 6.07) is 12.0. The number of benzene rings is 2. The molecule has 2 aromatic rings. The monoisotopic (exact) mass is 440 g/mol. The third-order valence-electron chi connectivity index (χ3n) is 4.06. The van der Waals surface area contributed by atoms with Crippen LogP contribution in [0.1, 0.15) is 12.5 Å². The molecular formula is C22H17ClN2O4S. The van der Waals surface area contributed by atoms with Crippen molar-refractivity contribution in [3.63, 3.8) is 0 Å². The molecular weight excluding hydrogens is 424 g/mol. The van der Waals surface area contributed by atoms with Gasteiger partial charge in [0.15, 0.2) is 16.6 Å². The third-order valence-corrected chi connectivity index (χ3v) is 4.62. The third kappa shape index (κ3) is 4.46. The predicted octanol–water partition coefficient (Wildman–Crippen LogP) is 3.58. The molecule has 0 aliphatic carbocycles. The van der Waals surface area contributed by atoms with Gasteiger partial charge in [-0.3, -0.25) is 19.8 Å². The number of hydrogen-bond acceptors (Lipinski definition) is 5. The lowest BCUT2D eigenvalue weighted by Crippen LogP contribution is -2.54. The molecule has 0 saturated carbocycles. The molecule has 3 rings (SSSR count). The molecule has 2 aromatic carbocycles. The summed E-state index contributed by atoms with van der Waals surface area (Å²) in [7, 11) is 0. The van der Waals surface area contributed by atoms with E-state index in [0.717, 1.165) is 0 Å². The van der Waals surface area contributed by atoms with E-state index in [1.807, 2.05) is 6.07 Å². The Bertz CT molecular complexity index is 1080. The van der Waals surface area contributed by atoms with Gasteiger partial charge in [0.25, 0.3) is 11.8 Å². The largest absolute Gasteiger partial charge is 0.490 e. The maximum atomic E-state index is 13.1. The number of hydrogen-bond donors (Lipinski definition) is 1. The number of terminal acetylenes is 1. The number of anilines is 1. The van der Waals surface area contributed by atoms with E-state index in [9.17, 15) is 9.59 Å². The van der Waals surface area contributed by atoms with Crippen molar-refractivity contribution in [1.29, 1.82) is 0 Å². The van der Waals surface area contributed by atoms with Crippen molar-refractivity contribution in [3.8, 4) is 23.8 Å². The topological polar surface area (TPSA) is 67.9 Å². The van der Waals surface area contributed by atoms with Crippen LogP contribution in [0.4, 0.5) is 5.69 Å². The van der Waals surface area contributed by atoms with Gasteiger partial charge in [-0.1, -0.05) is 35.7 Å². The van der Waals surface area contributed by atoms with Gasteiger partial charge in [0.1, 0.15) is 12.2 Å². The summed E-state index contributed by atoms with van der Waals surface area (Å²) in [6.45, 7) is 2.18. The number of carbonyl (C=O) groups is 2. The zero-order chi connectivity index (χ0) is 21.7. The highest BCUT2D eigenvalue weighted by atomic mass is 35.5. The van der Waals surface area contributed by atoms with Crippen LogP contribution in [0.15, 0.2) is 48.0 Å². The SMILES string of the molecule is C#CCOc1c(Cl)cc(/C=C2\C(=O)NC(=S)N(c3ccccc3)C2=O)cc1OCC. The highest BCUT2D eigenvalue weighted by Crippen LogP contribution is 2.37. The first kappa shape index (κ1) is 21.4. The molecule has 0 bridgehead atoms. The molecule has 0 aromatic heterocycles. The second-order valence-corrected chi connectivity index (χ2v) is 6.84. The van der Waals surface area contributed by atoms with Crippen LogP contribution in [-0.2, 0) is 9.59 Å². The Hall–Kier alpha value is -3.34. The van der Waals surface area contributed by atoms with Crippen LogP contribution in [0.3, 0.4) is 0 Å². The summed E-state index contributed by atoms with van der Waals surface area (Å²) in [5, 5.41) is 2.79. The molecule has 152 valence electrons. The van der Waals surface area contributed by atoms with Crippen molar-refractivity contribution in [2.45, 2.75) is 6.92 Å². The number of rotatable bonds is 6. The highest BCUT2D eigenvalue weighted by Gasteiger charge is 2.34. The number of carbonyl (C=O) groups excluding carboxylic acids is 2. The Morgan fingerprint density at radius 1 is 1.23 bits per heavy atom. The maximum Gasteiger partial charge on any atom is 0.270 e. The molecule has 1 N–H and O–H groups in total. The average molecular weight is 441 g/mol. The number of nitrogens with zero attached hydrogens (tertiary/aromatic N) is 1. The van der Waals surface area contributed by atoms with Crippen molar-refractivity contribution in [2.24, 2.45) is 0 Å². The number of thiocarbonyl (C=S) groups is 1. The zero-order valence-corrected chi connectivity index (χ0v) is 17.5. The molecule has 0 spiro atoms. The Morgan fingerprint density at radius 3 is 2.63 bits per heavy atom. The van der Waals surface area contributed by atoms with E-state index in [4.69, 9.17) is 39.7 Å². The Balaban J connectivity index is 2.02. The fraction of sp³-hybridized carbons (Fsp3) is 0.136. The van der Waals surface area contributed by atoms with Crippen LogP contribution in [0.25, 0.3) is 6.08 Å². The zero-order valence-electron chi connectivity index (χ0n) is 16.0. The molecule has 1 heterocycles. The molecule has 1 saturated heterocycles. The molecule has 6 nitrogen and oxygen atoms in total. The fourth-order valence-electron chi connectivity index (χ4n) is 2.82. The van der Waals surface area contributed by atoms with E-state index >= 15 is 0 Å². The van der Waals surface area contributed by atoms with E-state index in [1.54, 1.807) is 43.3 Å². The molecule has 1 fully saturated rings. The second kappa shape index (κ2) is 9.44. The minimum atomic E-state index is -0.598. The van der Waals surface area contributed by atoms with Gasteiger partial charge in [0, 0.05) is 0 Å². The number of amides is 2. The van der Waals surface area contributed by atoms with E-state index in [0.29, 0.717) is 29.4 Å². The molecule has 1 aliphatic rings. The van der Waals surface area contributed by atoms with Crippen molar-refractivity contribution >= 4 is 52.5 Å². The van der Waals surface area contributed by atoms with Crippen molar-refractivity contribution < 1.29 is 19.1 Å². The molecule has 8 heteroatoms. The van der Waals surface area contributed by atoms with E-state index in [1.165, 1.54) is 11.0 Å². The summed E-state index contributed by atoms with van der Waals surface area (Å²) < 4.78 is 11.0. The molecule has 0 unspecified atom stereocenters. The first-order valence-corrected chi connectivity index (χ1v) is 9.74. The number of nitrogens with one attached hydrogen (secondary N) is 1. The maximum absolute atomic E-state index is 13.1. The van der Waals surface area contributed by atoms with Crippen molar-refractivity contribution in [3.05, 3.63) is 58.6 Å². The number of para-hydroxylation sites is 1. The summed E-state index contributed by atoms with van der Waals surface area (Å²) >= 11 is 11.5. The van der Waals surface area contributed by atoms with E-state index in [2.05, 4.69) is 11.2 Å². The van der Waals surface area contributed by atoms with E-state index in [-0.39, 0.29) is 22.3 Å². The number of ether oxygens (including phenoxy) is 2. The van der Waals surface area contributed by atoms with Crippen molar-refractivity contribution in [2.75, 3.05) is 18.1 Å². The van der Waals surface area contributed by atoms with Gasteiger partial charge in [-0.15, -0.1) is 6.42 Å². The average Bonchev–Trinajstić information content (AvgIpc) is 2.71. The standard InChI is InChI=1S/C22H17ClN2O4S/c1-3-10-29-19-17(23)12-14(13-18(19)28-4-2)11-16-20(26)24-22(30)25(21(16)27)15-8-6-5-7-9-15/h1,5-9,11-13H,4,10H2,2H3,(H,24,26,30)/b16-11+. The normalized spacial score (nSPS) is 15.0. The quantitative estimate of drug-likeness (QED) is 0.322. The molecule has 2 amide bonds. The van der Waals surface area contributed by atoms with Gasteiger partial charge >= 0.3 is 0 Å². The van der Waals surface area contributed by atoms with Gasteiger partial charge in [0.2, 0.25) is 0 Å². The molecule has 0 atom stereocenters. The Kier molecular flexibility index (Phi) is 6.72. The van der Waals surface area contributed by atoms with E-state index < -0.39 is 11.8 Å². The first-order valence-electron chi connectivity index (χ1n) is 8.95. The highest BCUT2D eigenvalue weighted by molar-refractivity contribution is 7.80. The lowest BCUT2D eigenvalue weighted by atomic mass is 10.1. The minimum Gasteiger partial charge on any atom is -0.490 e. The van der Waals surface area contributed by atoms with Crippen molar-refractivity contribution in [1.82, 2.24) is 5.32 Å². The van der Waals surface area contributed by atoms with Crippen LogP contribution < -0.4 is 19.7 Å². The predicted molar refractivity (Wildman–Crippen MR) is 120 cm³/mol. The van der Waals surface area contributed by atoms with Crippen LogP contribution in [0, 0.1) is 12.3 Å². The fourth-order valence-corrected chi connectivity index (χ4v) is 3.38. The Morgan fingerprint density at radius 2 is 1.97 bits per heavy atom. The first-order chi connectivity index (χ1) is 14.5. The van der Waals surface area contributed by atoms with Gasteiger partial charge in [-0.05, 0) is 55.0 Å². The number of halogens is 1. The van der Waals surface area contributed by atoms with Gasteiger partial charge in [0.05, 0.1) is 17.3 Å². The van der Waals surface area contributed by atoms with Gasteiger partial charge in [-0.2, -0.15) is 0 Å². The van der Waals surface area contributed by atoms with Crippen LogP contribution >= 0.6 is 23.8 Å². The lowest BCUT2D eigenvalue weighted by Gasteiger charge is -2.28. The van der Waals surface area contributed by atoms with Gasteiger partial charge in [-0.25, -0.2) is 0 Å².